The zero-order valence-corrected chi connectivity index (χ0v) is 21.7. The second kappa shape index (κ2) is 10.7. The van der Waals surface area contributed by atoms with Crippen molar-refractivity contribution in [3.05, 3.63) is 77.4 Å². The molecule has 0 aromatic heterocycles. The Kier molecular flexibility index (Phi) is 7.62. The first-order valence-corrected chi connectivity index (χ1v) is 12.0. The van der Waals surface area contributed by atoms with Crippen molar-refractivity contribution in [2.24, 2.45) is 5.92 Å². The minimum absolute atomic E-state index is 0.261. The smallest absolute Gasteiger partial charge is 0.124 e. The van der Waals surface area contributed by atoms with Crippen molar-refractivity contribution >= 4 is 0 Å². The van der Waals surface area contributed by atoms with Gasteiger partial charge in [0.25, 0.3) is 0 Å². The van der Waals surface area contributed by atoms with Crippen LogP contribution in [-0.2, 0) is 5.60 Å². The normalized spacial score (nSPS) is 23.6. The summed E-state index contributed by atoms with van der Waals surface area (Å²) in [6.45, 7) is 2.04. The quantitative estimate of drug-likeness (QED) is 0.456. The van der Waals surface area contributed by atoms with Gasteiger partial charge in [-0.25, -0.2) is 0 Å². The van der Waals surface area contributed by atoms with E-state index in [1.165, 1.54) is 0 Å². The van der Waals surface area contributed by atoms with Crippen molar-refractivity contribution < 1.29 is 28.8 Å². The zero-order valence-electron chi connectivity index (χ0n) is 21.7. The van der Waals surface area contributed by atoms with Crippen LogP contribution >= 0.6 is 0 Å². The molecular weight excluding hydrogens is 458 g/mol. The Morgan fingerprint density at radius 3 is 1.86 bits per heavy atom. The molecule has 3 aromatic carbocycles. The van der Waals surface area contributed by atoms with E-state index in [1.54, 1.807) is 35.5 Å². The molecule has 4 unspecified atom stereocenters. The van der Waals surface area contributed by atoms with Gasteiger partial charge in [-0.1, -0.05) is 25.1 Å². The lowest BCUT2D eigenvalue weighted by Gasteiger charge is -2.48. The van der Waals surface area contributed by atoms with Gasteiger partial charge in [0.2, 0.25) is 0 Å². The molecule has 1 aliphatic heterocycles. The van der Waals surface area contributed by atoms with Gasteiger partial charge in [-0.2, -0.15) is 0 Å². The van der Waals surface area contributed by atoms with Gasteiger partial charge in [-0.05, 0) is 42.5 Å². The van der Waals surface area contributed by atoms with Crippen LogP contribution in [0.2, 0.25) is 0 Å². The van der Waals surface area contributed by atoms with Crippen LogP contribution in [0, 0.1) is 5.92 Å². The maximum absolute atomic E-state index is 12.5. The highest BCUT2D eigenvalue weighted by atomic mass is 16.5. The molecule has 4 rings (SSSR count). The predicted octanol–water partition coefficient (Wildman–Crippen LogP) is 5.03. The van der Waals surface area contributed by atoms with Gasteiger partial charge in [-0.15, -0.1) is 0 Å². The summed E-state index contributed by atoms with van der Waals surface area (Å²) in [6.07, 6.45) is 0.390. The van der Waals surface area contributed by atoms with Crippen molar-refractivity contribution in [3.8, 4) is 28.7 Å². The number of nitrogens with one attached hydrogen (secondary N) is 1. The molecular formula is C29H35NO6. The van der Waals surface area contributed by atoms with Crippen LogP contribution in [-0.4, -0.2) is 40.7 Å². The summed E-state index contributed by atoms with van der Waals surface area (Å²) in [6, 6.07) is 18.5. The Hall–Kier alpha value is -3.42. The van der Waals surface area contributed by atoms with Gasteiger partial charge in [0.1, 0.15) is 28.7 Å². The minimum atomic E-state index is -1.24. The molecule has 1 fully saturated rings. The molecule has 1 saturated heterocycles. The molecule has 0 spiro atoms. The molecule has 2 N–H and O–H groups in total. The molecule has 0 bridgehead atoms. The Morgan fingerprint density at radius 2 is 1.28 bits per heavy atom. The third-order valence-electron chi connectivity index (χ3n) is 7.31. The maximum Gasteiger partial charge on any atom is 0.124 e. The van der Waals surface area contributed by atoms with Gasteiger partial charge in [0.05, 0.1) is 41.2 Å². The molecule has 4 atom stereocenters. The van der Waals surface area contributed by atoms with Crippen molar-refractivity contribution in [1.29, 1.82) is 0 Å². The molecule has 0 aliphatic carbocycles. The van der Waals surface area contributed by atoms with Gasteiger partial charge in [0.15, 0.2) is 0 Å². The van der Waals surface area contributed by atoms with Crippen molar-refractivity contribution in [3.63, 3.8) is 0 Å². The number of hydrogen-bond acceptors (Lipinski definition) is 7. The second-order valence-corrected chi connectivity index (χ2v) is 9.03. The minimum Gasteiger partial charge on any atom is -0.497 e. The summed E-state index contributed by atoms with van der Waals surface area (Å²) in [5.41, 5.74) is 1.28. The molecule has 7 heteroatoms. The van der Waals surface area contributed by atoms with Gasteiger partial charge in [0, 0.05) is 41.1 Å². The van der Waals surface area contributed by atoms with Crippen molar-refractivity contribution in [1.82, 2.24) is 5.32 Å². The van der Waals surface area contributed by atoms with E-state index in [0.717, 1.165) is 16.7 Å². The number of ether oxygens (including phenoxy) is 5. The first-order valence-electron chi connectivity index (χ1n) is 12.0. The third kappa shape index (κ3) is 4.56. The van der Waals surface area contributed by atoms with Gasteiger partial charge >= 0.3 is 0 Å². The van der Waals surface area contributed by atoms with Crippen LogP contribution in [0.25, 0.3) is 0 Å². The van der Waals surface area contributed by atoms with E-state index < -0.39 is 5.60 Å². The molecule has 36 heavy (non-hydrogen) atoms. The Morgan fingerprint density at radius 1 is 0.722 bits per heavy atom. The molecule has 0 radical (unpaired) electrons. The Labute approximate surface area is 212 Å². The molecule has 7 nitrogen and oxygen atoms in total. The third-order valence-corrected chi connectivity index (χ3v) is 7.31. The summed E-state index contributed by atoms with van der Waals surface area (Å²) < 4.78 is 28.2. The van der Waals surface area contributed by atoms with Gasteiger partial charge in [-0.3, -0.25) is 0 Å². The lowest BCUT2D eigenvalue weighted by Crippen LogP contribution is -2.50. The number of aliphatic hydroxyl groups is 1. The lowest BCUT2D eigenvalue weighted by atomic mass is 9.68. The van der Waals surface area contributed by atoms with E-state index in [-0.39, 0.29) is 18.0 Å². The predicted molar refractivity (Wildman–Crippen MR) is 138 cm³/mol. The summed E-state index contributed by atoms with van der Waals surface area (Å²) >= 11 is 0. The van der Waals surface area contributed by atoms with E-state index in [1.807, 2.05) is 67.6 Å². The summed E-state index contributed by atoms with van der Waals surface area (Å²) in [4.78, 5) is 0. The van der Waals surface area contributed by atoms with E-state index in [0.29, 0.717) is 35.2 Å². The highest BCUT2D eigenvalue weighted by Crippen LogP contribution is 2.53. The molecule has 1 aliphatic rings. The topological polar surface area (TPSA) is 78.4 Å². The summed E-state index contributed by atoms with van der Waals surface area (Å²) in [5, 5.41) is 16.3. The van der Waals surface area contributed by atoms with Crippen molar-refractivity contribution in [2.45, 2.75) is 31.0 Å². The number of hydrogen-bond donors (Lipinski definition) is 2. The fraction of sp³-hybridized carbons (Fsp3) is 0.379. The van der Waals surface area contributed by atoms with Crippen LogP contribution in [0.3, 0.4) is 0 Å². The first kappa shape index (κ1) is 25.7. The van der Waals surface area contributed by atoms with Crippen LogP contribution in [0.5, 0.6) is 28.7 Å². The summed E-state index contributed by atoms with van der Waals surface area (Å²) in [7, 11) is 8.19. The SMILES string of the molecule is COc1ccc(OC)c(C2CC(O)(c3ccccc3OC)C(C)C(c3cc(OC)ccc3OC)N2)c1. The van der Waals surface area contributed by atoms with Crippen LogP contribution < -0.4 is 29.0 Å². The standard InChI is InChI=1S/C29H35NO6/c1-18-28(22-16-20(33-3)12-14-26(22)35-5)30-24(21-15-19(32-2)11-13-25(21)34-4)17-29(18,31)23-9-7-8-10-27(23)36-6/h7-16,18,24,28,30-31H,17H2,1-6H3. The average molecular weight is 494 g/mol. The maximum atomic E-state index is 12.5. The largest absolute Gasteiger partial charge is 0.497 e. The first-order chi connectivity index (χ1) is 17.4. The molecule has 192 valence electrons. The average Bonchev–Trinajstić information content (AvgIpc) is 2.93. The molecule has 0 amide bonds. The van der Waals surface area contributed by atoms with Crippen LogP contribution in [0.15, 0.2) is 60.7 Å². The number of para-hydroxylation sites is 1. The molecule has 0 saturated carbocycles. The number of methoxy groups -OCH3 is 5. The highest BCUT2D eigenvalue weighted by molar-refractivity contribution is 5.48. The molecule has 3 aromatic rings. The monoisotopic (exact) mass is 493 g/mol. The number of rotatable bonds is 8. The van der Waals surface area contributed by atoms with E-state index in [2.05, 4.69) is 5.32 Å². The van der Waals surface area contributed by atoms with E-state index in [9.17, 15) is 5.11 Å². The lowest BCUT2D eigenvalue weighted by molar-refractivity contribution is -0.0760. The fourth-order valence-corrected chi connectivity index (χ4v) is 5.30. The van der Waals surface area contributed by atoms with Crippen molar-refractivity contribution in [2.75, 3.05) is 35.5 Å². The van der Waals surface area contributed by atoms with Crippen LogP contribution in [0.4, 0.5) is 0 Å². The summed E-state index contributed by atoms with van der Waals surface area (Å²) in [5.74, 6) is 3.22. The Bertz CT molecular complexity index is 1200. The fourth-order valence-electron chi connectivity index (χ4n) is 5.30. The number of piperidine rings is 1. The Balaban J connectivity index is 1.92. The van der Waals surface area contributed by atoms with E-state index >= 15 is 0 Å². The molecule has 1 heterocycles. The second-order valence-electron chi connectivity index (χ2n) is 9.03. The van der Waals surface area contributed by atoms with Gasteiger partial charge < -0.3 is 34.1 Å². The van der Waals surface area contributed by atoms with Crippen LogP contribution in [0.1, 0.15) is 42.1 Å². The zero-order chi connectivity index (χ0) is 25.9. The van der Waals surface area contributed by atoms with E-state index in [4.69, 9.17) is 23.7 Å². The number of benzene rings is 3. The highest BCUT2D eigenvalue weighted by Gasteiger charge is 2.49.